The summed E-state index contributed by atoms with van der Waals surface area (Å²) in [5.41, 5.74) is 1.99. The van der Waals surface area contributed by atoms with E-state index < -0.39 is 9.84 Å². The molecule has 0 fully saturated rings. The first-order valence-corrected chi connectivity index (χ1v) is 10.2. The van der Waals surface area contributed by atoms with Crippen LogP contribution in [0.4, 0.5) is 11.4 Å². The molecule has 1 aliphatic rings. The van der Waals surface area contributed by atoms with Crippen LogP contribution in [0.2, 0.25) is 0 Å². The smallest absolute Gasteiger partial charge is 0.262 e. The lowest BCUT2D eigenvalue weighted by atomic mass is 10.1. The van der Waals surface area contributed by atoms with Gasteiger partial charge in [0.05, 0.1) is 16.3 Å². The number of nitrogens with one attached hydrogen (secondary N) is 2. The van der Waals surface area contributed by atoms with E-state index in [9.17, 15) is 18.0 Å². The third-order valence-corrected chi connectivity index (χ3v) is 5.93. The number of para-hydroxylation sites is 1. The van der Waals surface area contributed by atoms with Gasteiger partial charge in [-0.25, -0.2) is 8.42 Å². The first-order valence-electron chi connectivity index (χ1n) is 8.56. The van der Waals surface area contributed by atoms with Crippen LogP contribution in [-0.4, -0.2) is 32.6 Å². The quantitative estimate of drug-likeness (QED) is 0.791. The van der Waals surface area contributed by atoms with Crippen molar-refractivity contribution in [1.82, 2.24) is 0 Å². The van der Waals surface area contributed by atoms with Gasteiger partial charge in [0.1, 0.15) is 5.75 Å². The number of amides is 2. The molecule has 0 radical (unpaired) electrons. The fraction of sp³-hybridized carbons (Fsp3) is 0.263. The van der Waals surface area contributed by atoms with Crippen molar-refractivity contribution < 1.29 is 22.7 Å². The molecular formula is C19H20N2O5S. The SMILES string of the molecule is CCc1ccccc1NC(=O)CCS(=O)(=O)c1ccc2c(c1)NC(=O)CO2. The van der Waals surface area contributed by atoms with Crippen LogP contribution >= 0.6 is 0 Å². The molecule has 0 saturated carbocycles. The summed E-state index contributed by atoms with van der Waals surface area (Å²) in [6.45, 7) is 1.88. The summed E-state index contributed by atoms with van der Waals surface area (Å²) < 4.78 is 30.3. The predicted octanol–water partition coefficient (Wildman–Crippen LogP) is 2.38. The molecule has 2 aromatic rings. The summed E-state index contributed by atoms with van der Waals surface area (Å²) in [4.78, 5) is 23.6. The average molecular weight is 388 g/mol. The van der Waals surface area contributed by atoms with Gasteiger partial charge in [0, 0.05) is 12.1 Å². The zero-order chi connectivity index (χ0) is 19.4. The molecule has 2 N–H and O–H groups in total. The second-order valence-corrected chi connectivity index (χ2v) is 8.23. The van der Waals surface area contributed by atoms with Crippen molar-refractivity contribution in [3.8, 4) is 5.75 Å². The van der Waals surface area contributed by atoms with Crippen molar-refractivity contribution in [3.05, 3.63) is 48.0 Å². The molecule has 7 nitrogen and oxygen atoms in total. The normalized spacial score (nSPS) is 13.3. The van der Waals surface area contributed by atoms with Crippen molar-refractivity contribution in [2.24, 2.45) is 0 Å². The van der Waals surface area contributed by atoms with Crippen molar-refractivity contribution >= 4 is 33.0 Å². The van der Waals surface area contributed by atoms with Gasteiger partial charge in [-0.05, 0) is 36.2 Å². The number of hydrogen-bond acceptors (Lipinski definition) is 5. The van der Waals surface area contributed by atoms with Gasteiger partial charge < -0.3 is 15.4 Å². The molecule has 0 saturated heterocycles. The summed E-state index contributed by atoms with van der Waals surface area (Å²) in [5.74, 6) is -0.622. The number of fused-ring (bicyclic) bond motifs is 1. The number of hydrogen-bond donors (Lipinski definition) is 2. The second-order valence-electron chi connectivity index (χ2n) is 6.12. The standard InChI is InChI=1S/C19H20N2O5S/c1-2-13-5-3-4-6-15(13)20-18(22)9-10-27(24,25)14-7-8-17-16(11-14)21-19(23)12-26-17/h3-8,11H,2,9-10,12H2,1H3,(H,20,22)(H,21,23). The Balaban J connectivity index is 1.67. The molecule has 0 atom stereocenters. The number of aryl methyl sites for hydroxylation is 1. The molecule has 2 amide bonds. The topological polar surface area (TPSA) is 102 Å². The molecule has 0 unspecified atom stereocenters. The van der Waals surface area contributed by atoms with E-state index >= 15 is 0 Å². The van der Waals surface area contributed by atoms with Crippen LogP contribution in [0.5, 0.6) is 5.75 Å². The molecule has 3 rings (SSSR count). The van der Waals surface area contributed by atoms with Gasteiger partial charge in [0.25, 0.3) is 5.91 Å². The van der Waals surface area contributed by atoms with E-state index in [1.165, 1.54) is 18.2 Å². The second kappa shape index (κ2) is 7.79. The number of carbonyl (C=O) groups excluding carboxylic acids is 2. The van der Waals surface area contributed by atoms with Crippen LogP contribution in [-0.2, 0) is 25.8 Å². The fourth-order valence-corrected chi connectivity index (χ4v) is 4.03. The molecule has 1 heterocycles. The van der Waals surface area contributed by atoms with Gasteiger partial charge in [0.15, 0.2) is 16.4 Å². The highest BCUT2D eigenvalue weighted by Gasteiger charge is 2.22. The molecule has 2 aromatic carbocycles. The van der Waals surface area contributed by atoms with Crippen LogP contribution in [0.25, 0.3) is 0 Å². The summed E-state index contributed by atoms with van der Waals surface area (Å²) in [5, 5.41) is 5.34. The Morgan fingerprint density at radius 3 is 2.78 bits per heavy atom. The Hall–Kier alpha value is -2.87. The number of benzene rings is 2. The number of sulfone groups is 1. The monoisotopic (exact) mass is 388 g/mol. The highest BCUT2D eigenvalue weighted by Crippen LogP contribution is 2.30. The maximum absolute atomic E-state index is 12.5. The van der Waals surface area contributed by atoms with E-state index in [2.05, 4.69) is 10.6 Å². The minimum absolute atomic E-state index is 0.0359. The van der Waals surface area contributed by atoms with Crippen LogP contribution in [0.15, 0.2) is 47.4 Å². The van der Waals surface area contributed by atoms with Gasteiger partial charge in [-0.3, -0.25) is 9.59 Å². The molecular weight excluding hydrogens is 368 g/mol. The first-order chi connectivity index (χ1) is 12.9. The first kappa shape index (κ1) is 18.9. The highest BCUT2D eigenvalue weighted by molar-refractivity contribution is 7.91. The van der Waals surface area contributed by atoms with Crippen LogP contribution in [0.3, 0.4) is 0 Å². The van der Waals surface area contributed by atoms with Crippen LogP contribution in [0, 0.1) is 0 Å². The molecule has 0 spiro atoms. The third kappa shape index (κ3) is 4.46. The zero-order valence-corrected chi connectivity index (χ0v) is 15.6. The maximum Gasteiger partial charge on any atom is 0.262 e. The molecule has 0 bridgehead atoms. The van der Waals surface area contributed by atoms with Gasteiger partial charge in [-0.1, -0.05) is 25.1 Å². The fourth-order valence-electron chi connectivity index (χ4n) is 2.76. The summed E-state index contributed by atoms with van der Waals surface area (Å²) >= 11 is 0. The van der Waals surface area contributed by atoms with Crippen LogP contribution < -0.4 is 15.4 Å². The number of rotatable bonds is 6. The largest absolute Gasteiger partial charge is 0.482 e. The van der Waals surface area contributed by atoms with E-state index in [0.717, 1.165) is 12.0 Å². The maximum atomic E-state index is 12.5. The molecule has 142 valence electrons. The van der Waals surface area contributed by atoms with Crippen molar-refractivity contribution in [3.63, 3.8) is 0 Å². The van der Waals surface area contributed by atoms with Gasteiger partial charge in [-0.2, -0.15) is 0 Å². The van der Waals surface area contributed by atoms with E-state index in [0.29, 0.717) is 17.1 Å². The van der Waals surface area contributed by atoms with Crippen molar-refractivity contribution in [1.29, 1.82) is 0 Å². The van der Waals surface area contributed by atoms with E-state index in [1.807, 2.05) is 25.1 Å². The number of ether oxygens (including phenoxy) is 1. The molecule has 8 heteroatoms. The summed E-state index contributed by atoms with van der Waals surface area (Å²) in [7, 11) is -3.68. The summed E-state index contributed by atoms with van der Waals surface area (Å²) in [6.07, 6.45) is 0.595. The Morgan fingerprint density at radius 1 is 1.22 bits per heavy atom. The Labute approximate surface area is 157 Å². The molecule has 1 aliphatic heterocycles. The number of anilines is 2. The average Bonchev–Trinajstić information content (AvgIpc) is 2.66. The number of carbonyl (C=O) groups is 2. The highest BCUT2D eigenvalue weighted by atomic mass is 32.2. The third-order valence-electron chi connectivity index (χ3n) is 4.21. The van der Waals surface area contributed by atoms with E-state index in [-0.39, 0.29) is 35.5 Å². The minimum atomic E-state index is -3.68. The van der Waals surface area contributed by atoms with Crippen LogP contribution in [0.1, 0.15) is 18.9 Å². The van der Waals surface area contributed by atoms with E-state index in [1.54, 1.807) is 6.07 Å². The predicted molar refractivity (Wildman–Crippen MR) is 102 cm³/mol. The van der Waals surface area contributed by atoms with Crippen molar-refractivity contribution in [2.75, 3.05) is 23.0 Å². The lowest BCUT2D eigenvalue weighted by Crippen LogP contribution is -2.25. The Kier molecular flexibility index (Phi) is 5.46. The molecule has 0 aromatic heterocycles. The molecule has 27 heavy (non-hydrogen) atoms. The lowest BCUT2D eigenvalue weighted by molar-refractivity contribution is -0.118. The minimum Gasteiger partial charge on any atom is -0.482 e. The van der Waals surface area contributed by atoms with Gasteiger partial charge in [0.2, 0.25) is 5.91 Å². The lowest BCUT2D eigenvalue weighted by Gasteiger charge is -2.18. The zero-order valence-electron chi connectivity index (χ0n) is 14.8. The van der Waals surface area contributed by atoms with Gasteiger partial charge >= 0.3 is 0 Å². The van der Waals surface area contributed by atoms with E-state index in [4.69, 9.17) is 4.74 Å². The van der Waals surface area contributed by atoms with Crippen molar-refractivity contribution in [2.45, 2.75) is 24.7 Å². The molecule has 0 aliphatic carbocycles. The van der Waals surface area contributed by atoms with Gasteiger partial charge in [-0.15, -0.1) is 0 Å². The summed E-state index contributed by atoms with van der Waals surface area (Å²) in [6, 6.07) is 11.7. The Morgan fingerprint density at radius 2 is 2.00 bits per heavy atom. The Bertz CT molecular complexity index is 985.